The van der Waals surface area contributed by atoms with Crippen LogP contribution in [0.5, 0.6) is 0 Å². The van der Waals surface area contributed by atoms with Crippen molar-refractivity contribution in [3.8, 4) is 0 Å². The minimum Gasteiger partial charge on any atom is -0.396 e. The molecule has 3 heteroatoms. The molecule has 0 saturated heterocycles. The monoisotopic (exact) mass is 161 g/mol. The molecule has 0 unspecified atom stereocenters. The predicted molar refractivity (Wildman–Crippen MR) is 45.1 cm³/mol. The third-order valence-electron chi connectivity index (χ3n) is 2.43. The van der Waals surface area contributed by atoms with Crippen molar-refractivity contribution in [3.05, 3.63) is 0 Å². The Hall–Kier alpha value is -0.120. The third-order valence-corrected chi connectivity index (χ3v) is 2.43. The molecule has 0 aromatic carbocycles. The molecule has 3 nitrogen and oxygen atoms in total. The molecule has 0 saturated carbocycles. The number of aliphatic hydroxyl groups is 1. The highest BCUT2D eigenvalue weighted by Crippen LogP contribution is 2.23. The van der Waals surface area contributed by atoms with Crippen molar-refractivity contribution in [3.63, 3.8) is 0 Å². The molecule has 0 aromatic heterocycles. The van der Waals surface area contributed by atoms with E-state index in [-0.39, 0.29) is 12.0 Å². The van der Waals surface area contributed by atoms with Gasteiger partial charge in [-0.05, 0) is 12.8 Å². The first-order valence-electron chi connectivity index (χ1n) is 4.11. The van der Waals surface area contributed by atoms with Gasteiger partial charge in [-0.15, -0.1) is 0 Å². The molecule has 0 spiro atoms. The van der Waals surface area contributed by atoms with Gasteiger partial charge in [0.25, 0.3) is 0 Å². The second-order valence-corrected chi connectivity index (χ2v) is 2.89. The normalized spacial score (nSPS) is 12.0. The van der Waals surface area contributed by atoms with Crippen LogP contribution < -0.4 is 5.48 Å². The molecule has 0 aliphatic rings. The van der Waals surface area contributed by atoms with Crippen LogP contribution >= 0.6 is 0 Å². The topological polar surface area (TPSA) is 41.5 Å². The number of aliphatic hydroxyl groups excluding tert-OH is 1. The Bertz CT molecular complexity index is 83.8. The van der Waals surface area contributed by atoms with Crippen molar-refractivity contribution in [2.24, 2.45) is 5.41 Å². The molecule has 68 valence electrons. The predicted octanol–water partition coefficient (Wildman–Crippen LogP) is 0.936. The van der Waals surface area contributed by atoms with Crippen molar-refractivity contribution in [2.45, 2.75) is 26.7 Å². The minimum atomic E-state index is -0.00396. The first-order valence-corrected chi connectivity index (χ1v) is 4.11. The van der Waals surface area contributed by atoms with E-state index in [1.165, 1.54) is 0 Å². The van der Waals surface area contributed by atoms with Gasteiger partial charge in [0, 0.05) is 18.6 Å². The van der Waals surface area contributed by atoms with Crippen molar-refractivity contribution in [1.82, 2.24) is 5.48 Å². The second kappa shape index (κ2) is 5.52. The fourth-order valence-electron chi connectivity index (χ4n) is 1.00. The maximum Gasteiger partial charge on any atom is 0.0572 e. The smallest absolute Gasteiger partial charge is 0.0572 e. The zero-order valence-corrected chi connectivity index (χ0v) is 7.68. The Kier molecular flexibility index (Phi) is 5.46. The lowest BCUT2D eigenvalue weighted by Gasteiger charge is -2.28. The molecule has 0 rings (SSSR count). The standard InChI is InChI=1S/C8H19NO2/c1-4-8(5-2,7-10)6-9-11-3/h9-10H,4-7H2,1-3H3. The lowest BCUT2D eigenvalue weighted by molar-refractivity contribution is 0.0263. The number of rotatable bonds is 6. The van der Waals surface area contributed by atoms with E-state index in [1.807, 2.05) is 0 Å². The van der Waals surface area contributed by atoms with Crippen LogP contribution in [0.15, 0.2) is 0 Å². The van der Waals surface area contributed by atoms with Gasteiger partial charge in [-0.3, -0.25) is 0 Å². The van der Waals surface area contributed by atoms with Crippen LogP contribution in [0.1, 0.15) is 26.7 Å². The second-order valence-electron chi connectivity index (χ2n) is 2.89. The maximum atomic E-state index is 9.11. The highest BCUT2D eigenvalue weighted by atomic mass is 16.6. The Labute approximate surface area is 68.7 Å². The van der Waals surface area contributed by atoms with E-state index < -0.39 is 0 Å². The molecule has 0 amide bonds. The van der Waals surface area contributed by atoms with E-state index in [0.717, 1.165) is 12.8 Å². The highest BCUT2D eigenvalue weighted by molar-refractivity contribution is 4.76. The molecule has 11 heavy (non-hydrogen) atoms. The fourth-order valence-corrected chi connectivity index (χ4v) is 1.00. The van der Waals surface area contributed by atoms with Crippen molar-refractivity contribution in [2.75, 3.05) is 20.3 Å². The van der Waals surface area contributed by atoms with E-state index in [2.05, 4.69) is 19.3 Å². The van der Waals surface area contributed by atoms with Gasteiger partial charge in [0.15, 0.2) is 0 Å². The summed E-state index contributed by atoms with van der Waals surface area (Å²) in [6.45, 7) is 5.09. The van der Waals surface area contributed by atoms with Crippen LogP contribution in [-0.4, -0.2) is 25.4 Å². The Balaban J connectivity index is 3.84. The Morgan fingerprint density at radius 3 is 2.18 bits per heavy atom. The van der Waals surface area contributed by atoms with Gasteiger partial charge in [0.05, 0.1) is 7.11 Å². The molecule has 0 fully saturated rings. The van der Waals surface area contributed by atoms with Crippen LogP contribution in [0.25, 0.3) is 0 Å². The molecule has 0 atom stereocenters. The number of hydrogen-bond donors (Lipinski definition) is 2. The summed E-state index contributed by atoms with van der Waals surface area (Å²) in [6.07, 6.45) is 1.94. The van der Waals surface area contributed by atoms with Crippen LogP contribution in [0.2, 0.25) is 0 Å². The first-order chi connectivity index (χ1) is 5.24. The summed E-state index contributed by atoms with van der Waals surface area (Å²) >= 11 is 0. The summed E-state index contributed by atoms with van der Waals surface area (Å²) in [4.78, 5) is 4.74. The zero-order chi connectivity index (χ0) is 8.74. The van der Waals surface area contributed by atoms with E-state index >= 15 is 0 Å². The van der Waals surface area contributed by atoms with Gasteiger partial charge in [0.2, 0.25) is 0 Å². The molecule has 2 N–H and O–H groups in total. The van der Waals surface area contributed by atoms with Crippen molar-refractivity contribution < 1.29 is 9.94 Å². The molecule has 0 aliphatic heterocycles. The number of nitrogens with one attached hydrogen (secondary N) is 1. The molecule has 0 bridgehead atoms. The van der Waals surface area contributed by atoms with Crippen molar-refractivity contribution >= 4 is 0 Å². The third kappa shape index (κ3) is 3.18. The fraction of sp³-hybridized carbons (Fsp3) is 1.00. The van der Waals surface area contributed by atoms with Gasteiger partial charge >= 0.3 is 0 Å². The summed E-state index contributed by atoms with van der Waals surface area (Å²) < 4.78 is 0. The number of hydroxylamine groups is 1. The van der Waals surface area contributed by atoms with Gasteiger partial charge in [0.1, 0.15) is 0 Å². The summed E-state index contributed by atoms with van der Waals surface area (Å²) in [5, 5.41) is 9.11. The minimum absolute atomic E-state index is 0.00396. The van der Waals surface area contributed by atoms with Crippen molar-refractivity contribution in [1.29, 1.82) is 0 Å². The van der Waals surface area contributed by atoms with E-state index in [9.17, 15) is 0 Å². The number of hydrogen-bond acceptors (Lipinski definition) is 3. The lowest BCUT2D eigenvalue weighted by Crippen LogP contribution is -2.36. The summed E-state index contributed by atoms with van der Waals surface area (Å²) in [5.41, 5.74) is 2.78. The molecular weight excluding hydrogens is 142 g/mol. The zero-order valence-electron chi connectivity index (χ0n) is 7.68. The summed E-state index contributed by atoms with van der Waals surface area (Å²) in [6, 6.07) is 0. The van der Waals surface area contributed by atoms with Crippen LogP contribution in [0.4, 0.5) is 0 Å². The van der Waals surface area contributed by atoms with E-state index in [4.69, 9.17) is 9.94 Å². The van der Waals surface area contributed by atoms with E-state index in [1.54, 1.807) is 7.11 Å². The quantitative estimate of drug-likeness (QED) is 0.570. The van der Waals surface area contributed by atoms with Gasteiger partial charge in [-0.25, -0.2) is 5.48 Å². The summed E-state index contributed by atoms with van der Waals surface area (Å²) in [5.74, 6) is 0. The first kappa shape index (κ1) is 10.9. The highest BCUT2D eigenvalue weighted by Gasteiger charge is 2.24. The van der Waals surface area contributed by atoms with Crippen LogP contribution in [0.3, 0.4) is 0 Å². The van der Waals surface area contributed by atoms with Gasteiger partial charge < -0.3 is 9.94 Å². The molecule has 0 radical (unpaired) electrons. The largest absolute Gasteiger partial charge is 0.396 e. The maximum absolute atomic E-state index is 9.11. The molecular formula is C8H19NO2. The van der Waals surface area contributed by atoms with Crippen LogP contribution in [-0.2, 0) is 4.84 Å². The van der Waals surface area contributed by atoms with Gasteiger partial charge in [-0.1, -0.05) is 13.8 Å². The Morgan fingerprint density at radius 1 is 1.36 bits per heavy atom. The average Bonchev–Trinajstić information content (AvgIpc) is 2.08. The van der Waals surface area contributed by atoms with Gasteiger partial charge in [-0.2, -0.15) is 0 Å². The molecule has 0 aromatic rings. The average molecular weight is 161 g/mol. The van der Waals surface area contributed by atoms with E-state index in [0.29, 0.717) is 6.54 Å². The molecule has 0 heterocycles. The van der Waals surface area contributed by atoms with Crippen LogP contribution in [0, 0.1) is 5.41 Å². The summed E-state index contributed by atoms with van der Waals surface area (Å²) in [7, 11) is 1.59. The SMILES string of the molecule is CCC(CC)(CO)CNOC. The Morgan fingerprint density at radius 2 is 1.91 bits per heavy atom. The molecule has 0 aliphatic carbocycles. The lowest BCUT2D eigenvalue weighted by atomic mass is 9.83.